The molecule has 0 saturated heterocycles. The van der Waals surface area contributed by atoms with Crippen LogP contribution in [0, 0.1) is 6.08 Å². The molecule has 0 aliphatic heterocycles. The van der Waals surface area contributed by atoms with Crippen molar-refractivity contribution < 1.29 is 176 Å². The first-order valence-electron chi connectivity index (χ1n) is 20.0. The Kier molecular flexibility index (Phi) is 27.1. The summed E-state index contributed by atoms with van der Waals surface area (Å²) in [7, 11) is -9.68. The quantitative estimate of drug-likeness (QED) is 0.00643. The summed E-state index contributed by atoms with van der Waals surface area (Å²) in [5.74, 6) is -1.04. The Labute approximate surface area is 548 Å². The standard InChI is InChI=1S/C39H35ClFN17O12S4.CH4.4Na/c1-58(2,3)23-11-7-19(8-12-23)44-38-50-35(41)51-39(53-38)47-21-9-13-28(71-70-69-59)25(16-21)54-57-33-31(42)27(18-30(32(33)43)74(66,67)68)56-55-26-17-22(10-14-29(26)73(63,64)65)46-37-49-34(40)48-36(52-37)45-20-5-4-6-24(15-20)72(60,61)62;;;;;/h4-18H,42-43H2,1-3H3,(H7-,44,45,46,47,48,49,50,51,52,53,59,60,61,62,63,64,65,66,67,68);1H4;;;;/q;;4*+1/p-3. The van der Waals surface area contributed by atoms with Crippen molar-refractivity contribution in [1.29, 1.82) is 0 Å². The van der Waals surface area contributed by atoms with Crippen molar-refractivity contribution in [2.24, 2.45) is 20.5 Å². The topological polar surface area (TPSA) is 440 Å². The predicted molar refractivity (Wildman–Crippen MR) is 265 cm³/mol. The molecular weight excluding hydrogens is 1190 g/mol. The van der Waals surface area contributed by atoms with Crippen LogP contribution >= 0.6 is 23.6 Å². The molecule has 0 spiro atoms. The second kappa shape index (κ2) is 30.0. The number of nitrogens with one attached hydrogen (secondary N) is 4. The van der Waals surface area contributed by atoms with Crippen molar-refractivity contribution in [3.05, 3.63) is 102 Å². The van der Waals surface area contributed by atoms with Gasteiger partial charge in [-0.3, -0.25) is 9.52 Å². The third-order valence-corrected chi connectivity index (χ3v) is 12.9. The molecule has 0 amide bonds. The SMILES string of the molecule is C.C[N+](C)(C)c1ccc(Nc2nc(F)nc(Nc3ccc(SOO[O-])c(N=Nc4c(N)c(N=Nc5cc(Nc6nc(Cl)nc(Nc7cccc(S(=O)(=O)[O-])c7)n6)ccc5S(=O)(=O)[O-])cc(S(=O)(=O)[O-])c4N)c3)n2)cc1.[Na+].[Na+].[Na+].[Na+]. The van der Waals surface area contributed by atoms with Gasteiger partial charge in [0.05, 0.1) is 64.1 Å². The van der Waals surface area contributed by atoms with Gasteiger partial charge in [0.25, 0.3) is 0 Å². The van der Waals surface area contributed by atoms with Crippen LogP contribution in [0.25, 0.3) is 0 Å². The van der Waals surface area contributed by atoms with Gasteiger partial charge in [0.1, 0.15) is 58.8 Å². The largest absolute Gasteiger partial charge is 1.00 e. The molecule has 0 saturated carbocycles. The van der Waals surface area contributed by atoms with E-state index in [-0.39, 0.29) is 177 Å². The number of hydrogen-bond donors (Lipinski definition) is 6. The number of nitrogen functional groups attached to an aromatic ring is 2. The summed E-state index contributed by atoms with van der Waals surface area (Å²) in [5.41, 5.74) is 10.3. The van der Waals surface area contributed by atoms with Crippen LogP contribution in [0.4, 0.5) is 90.7 Å². The molecule has 79 heavy (non-hydrogen) atoms. The van der Waals surface area contributed by atoms with E-state index in [0.717, 1.165) is 36.0 Å². The maximum absolute atomic E-state index is 14.7. The van der Waals surface area contributed by atoms with Gasteiger partial charge in [-0.2, -0.15) is 38.6 Å². The number of anilines is 10. The summed E-state index contributed by atoms with van der Waals surface area (Å²) in [6.45, 7) is 0. The van der Waals surface area contributed by atoms with E-state index < -0.39 is 84.8 Å². The van der Waals surface area contributed by atoms with Crippen LogP contribution in [0.5, 0.6) is 0 Å². The second-order valence-electron chi connectivity index (χ2n) is 15.5. The minimum absolute atomic E-state index is 0. The Hall–Kier alpha value is -3.74. The monoisotopic (exact) mass is 1220 g/mol. The number of benzene rings is 5. The van der Waals surface area contributed by atoms with Gasteiger partial charge in [-0.15, -0.1) is 20.5 Å². The fourth-order valence-electron chi connectivity index (χ4n) is 6.11. The molecular formula is C40H36ClFN17Na4O12S4+. The molecule has 0 bridgehead atoms. The van der Waals surface area contributed by atoms with Crippen molar-refractivity contribution in [3.63, 3.8) is 0 Å². The fourth-order valence-corrected chi connectivity index (χ4v) is 8.41. The molecule has 0 aliphatic rings. The van der Waals surface area contributed by atoms with E-state index >= 15 is 0 Å². The van der Waals surface area contributed by atoms with Crippen LogP contribution in [-0.4, -0.2) is 90.0 Å². The zero-order valence-corrected chi connectivity index (χ0v) is 53.5. The van der Waals surface area contributed by atoms with Gasteiger partial charge < -0.3 is 51.6 Å². The maximum Gasteiger partial charge on any atom is 1.00 e. The summed E-state index contributed by atoms with van der Waals surface area (Å²) < 4.78 is 129. The molecule has 7 rings (SSSR count). The van der Waals surface area contributed by atoms with Gasteiger partial charge in [-0.05, 0) is 84.4 Å². The van der Waals surface area contributed by atoms with Crippen molar-refractivity contribution in [1.82, 2.24) is 34.4 Å². The molecule has 0 unspecified atom stereocenters. The Balaban J connectivity index is 0.00000427. The van der Waals surface area contributed by atoms with E-state index in [9.17, 15) is 48.6 Å². The Morgan fingerprint density at radius 3 is 1.59 bits per heavy atom. The van der Waals surface area contributed by atoms with E-state index in [1.165, 1.54) is 30.3 Å². The molecule has 5 aromatic carbocycles. The van der Waals surface area contributed by atoms with Gasteiger partial charge >= 0.3 is 124 Å². The summed E-state index contributed by atoms with van der Waals surface area (Å²) >= 11 is 6.42. The van der Waals surface area contributed by atoms with Crippen LogP contribution < -0.4 is 161 Å². The number of halogens is 2. The van der Waals surface area contributed by atoms with E-state index in [4.69, 9.17) is 23.1 Å². The summed E-state index contributed by atoms with van der Waals surface area (Å²) in [6, 6.07) is 19.3. The third-order valence-electron chi connectivity index (χ3n) is 9.46. The van der Waals surface area contributed by atoms with Gasteiger partial charge in [-0.1, -0.05) is 13.5 Å². The van der Waals surface area contributed by atoms with Gasteiger partial charge in [0.2, 0.25) is 29.1 Å². The zero-order chi connectivity index (χ0) is 53.8. The minimum Gasteiger partial charge on any atom is -0.744 e. The molecule has 0 radical (unpaired) electrons. The van der Waals surface area contributed by atoms with Crippen LogP contribution in [0.2, 0.25) is 5.28 Å². The first-order chi connectivity index (χ1) is 34.7. The molecule has 0 fully saturated rings. The number of azo groups is 2. The molecule has 2 aromatic heterocycles. The number of aromatic nitrogens is 6. The maximum atomic E-state index is 14.7. The average molecular weight is 1220 g/mol. The van der Waals surface area contributed by atoms with Gasteiger partial charge in [0.15, 0.2) is 0 Å². The molecule has 7 aromatic rings. The average Bonchev–Trinajstić information content (AvgIpc) is 3.29. The number of nitrogens with two attached hydrogens (primary N) is 2. The number of nitrogens with zero attached hydrogens (tertiary/aromatic N) is 11. The summed E-state index contributed by atoms with van der Waals surface area (Å²) in [6.07, 6.45) is -1.16. The first kappa shape index (κ1) is 71.4. The predicted octanol–water partition coefficient (Wildman–Crippen LogP) is -5.39. The van der Waals surface area contributed by atoms with Crippen molar-refractivity contribution in [2.75, 3.05) is 53.9 Å². The third kappa shape index (κ3) is 19.7. The van der Waals surface area contributed by atoms with Crippen LogP contribution in [0.1, 0.15) is 7.43 Å². The van der Waals surface area contributed by atoms with E-state index in [2.05, 4.69) is 81.0 Å². The van der Waals surface area contributed by atoms with Crippen LogP contribution in [0.3, 0.4) is 0 Å². The van der Waals surface area contributed by atoms with Crippen LogP contribution in [0.15, 0.2) is 131 Å². The van der Waals surface area contributed by atoms with Gasteiger partial charge in [0, 0.05) is 34.9 Å². The normalized spacial score (nSPS) is 11.6. The molecule has 394 valence electrons. The fraction of sp³-hybridized carbons (Fsp3) is 0.100. The number of quaternary nitrogens is 1. The van der Waals surface area contributed by atoms with Crippen LogP contribution in [-0.2, 0) is 39.7 Å². The Morgan fingerprint density at radius 2 is 1.06 bits per heavy atom. The van der Waals surface area contributed by atoms with Crippen molar-refractivity contribution in [2.45, 2.75) is 27.0 Å². The molecule has 39 heteroatoms. The summed E-state index contributed by atoms with van der Waals surface area (Å²) in [5, 5.41) is 40.5. The van der Waals surface area contributed by atoms with E-state index in [1.807, 2.05) is 33.3 Å². The minimum atomic E-state index is -5.47. The molecule has 0 aliphatic carbocycles. The zero-order valence-electron chi connectivity index (χ0n) is 41.5. The van der Waals surface area contributed by atoms with Crippen molar-refractivity contribution >= 4 is 140 Å². The number of hydrogen-bond acceptors (Lipinski definition) is 29. The summed E-state index contributed by atoms with van der Waals surface area (Å²) in [4.78, 5) is 20.8. The molecule has 29 nitrogen and oxygen atoms in total. The Morgan fingerprint density at radius 1 is 0.582 bits per heavy atom. The van der Waals surface area contributed by atoms with E-state index in [1.54, 1.807) is 12.1 Å². The molecule has 0 atom stereocenters. The molecule has 8 N–H and O–H groups in total. The smallest absolute Gasteiger partial charge is 0.744 e. The number of rotatable bonds is 19. The van der Waals surface area contributed by atoms with Gasteiger partial charge in [-0.25, -0.2) is 25.3 Å². The molecule has 2 heterocycles. The Bertz CT molecular complexity index is 3740. The first-order valence-corrected chi connectivity index (χ1v) is 25.4. The second-order valence-corrected chi connectivity index (χ2v) is 20.7. The van der Waals surface area contributed by atoms with E-state index in [0.29, 0.717) is 28.3 Å². The van der Waals surface area contributed by atoms with Crippen molar-refractivity contribution in [3.8, 4) is 0 Å².